The third kappa shape index (κ3) is 3.78. The lowest BCUT2D eigenvalue weighted by Gasteiger charge is -2.11. The number of nitrogens with one attached hydrogen (secondary N) is 1. The Bertz CT molecular complexity index is 665. The highest BCUT2D eigenvalue weighted by Crippen LogP contribution is 2.22. The fourth-order valence-electron chi connectivity index (χ4n) is 2.17. The summed E-state index contributed by atoms with van der Waals surface area (Å²) >= 11 is 0. The highest BCUT2D eigenvalue weighted by molar-refractivity contribution is 5.85. The third-order valence-electron chi connectivity index (χ3n) is 3.29. The van der Waals surface area contributed by atoms with Crippen LogP contribution in [0.5, 0.6) is 5.75 Å². The third-order valence-corrected chi connectivity index (χ3v) is 3.29. The number of ether oxygens (including phenoxy) is 2. The van der Waals surface area contributed by atoms with E-state index in [2.05, 4.69) is 15.2 Å². The van der Waals surface area contributed by atoms with E-state index in [1.807, 2.05) is 43.7 Å². The number of methoxy groups -OCH3 is 1. The van der Waals surface area contributed by atoms with Crippen LogP contribution in [0.15, 0.2) is 24.3 Å². The second-order valence-corrected chi connectivity index (χ2v) is 4.97. The van der Waals surface area contributed by atoms with E-state index in [1.54, 1.807) is 6.07 Å². The molecule has 2 rings (SSSR count). The van der Waals surface area contributed by atoms with Gasteiger partial charge in [-0.25, -0.2) is 4.79 Å². The van der Waals surface area contributed by atoms with Crippen molar-refractivity contribution in [3.05, 3.63) is 41.2 Å². The van der Waals surface area contributed by atoms with Crippen molar-refractivity contribution in [2.75, 3.05) is 12.4 Å². The maximum absolute atomic E-state index is 11.2. The minimum Gasteiger partial charge on any atom is -0.487 e. The summed E-state index contributed by atoms with van der Waals surface area (Å²) in [6.07, 6.45) is -0.487. The van der Waals surface area contributed by atoms with Crippen molar-refractivity contribution < 1.29 is 14.3 Å². The van der Waals surface area contributed by atoms with Crippen LogP contribution < -0.4 is 10.1 Å². The second kappa shape index (κ2) is 6.98. The minimum atomic E-state index is -0.487. The summed E-state index contributed by atoms with van der Waals surface area (Å²) in [6, 6.07) is 7.51. The number of carbonyl (C=O) groups is 1. The van der Waals surface area contributed by atoms with Gasteiger partial charge in [0, 0.05) is 12.2 Å². The number of amides is 1. The molecule has 1 amide bonds. The summed E-state index contributed by atoms with van der Waals surface area (Å²) in [5.74, 6) is 0.745. The van der Waals surface area contributed by atoms with Gasteiger partial charge in [-0.1, -0.05) is 0 Å². The molecule has 0 saturated carbocycles. The summed E-state index contributed by atoms with van der Waals surface area (Å²) in [5.41, 5.74) is 3.63. The van der Waals surface area contributed by atoms with Gasteiger partial charge in [-0.2, -0.15) is 5.10 Å². The van der Waals surface area contributed by atoms with Crippen LogP contribution in [-0.2, 0) is 17.9 Å². The molecule has 6 heteroatoms. The largest absolute Gasteiger partial charge is 0.487 e. The first-order valence-corrected chi connectivity index (χ1v) is 7.15. The van der Waals surface area contributed by atoms with Crippen molar-refractivity contribution in [3.8, 4) is 5.75 Å². The van der Waals surface area contributed by atoms with Gasteiger partial charge in [0.1, 0.15) is 12.4 Å². The number of hydrogen-bond acceptors (Lipinski definition) is 4. The Morgan fingerprint density at radius 1 is 1.32 bits per heavy atom. The number of anilines is 1. The number of nitrogens with zero attached hydrogens (tertiary/aromatic N) is 2. The fourth-order valence-corrected chi connectivity index (χ4v) is 2.17. The van der Waals surface area contributed by atoms with Crippen LogP contribution in [0.3, 0.4) is 0 Å². The smallest absolute Gasteiger partial charge is 0.411 e. The summed E-state index contributed by atoms with van der Waals surface area (Å²) < 4.78 is 12.3. The van der Waals surface area contributed by atoms with Crippen LogP contribution in [0.1, 0.15) is 23.9 Å². The molecule has 1 N–H and O–H groups in total. The molecular formula is C16H21N3O3. The minimum absolute atomic E-state index is 0.456. The van der Waals surface area contributed by atoms with E-state index >= 15 is 0 Å². The van der Waals surface area contributed by atoms with Crippen LogP contribution in [0.4, 0.5) is 10.5 Å². The van der Waals surface area contributed by atoms with Gasteiger partial charge in [-0.3, -0.25) is 10.00 Å². The van der Waals surface area contributed by atoms with Crippen molar-refractivity contribution >= 4 is 11.8 Å². The summed E-state index contributed by atoms with van der Waals surface area (Å²) in [7, 11) is 1.33. The van der Waals surface area contributed by atoms with Crippen LogP contribution >= 0.6 is 0 Å². The molecule has 118 valence electrons. The monoisotopic (exact) mass is 303 g/mol. The zero-order valence-electron chi connectivity index (χ0n) is 13.3. The van der Waals surface area contributed by atoms with Crippen LogP contribution in [-0.4, -0.2) is 23.0 Å². The van der Waals surface area contributed by atoms with Gasteiger partial charge in [-0.05, 0) is 50.6 Å². The molecule has 1 heterocycles. The Morgan fingerprint density at radius 3 is 2.73 bits per heavy atom. The number of carbonyl (C=O) groups excluding carboxylic acids is 1. The molecular weight excluding hydrogens is 282 g/mol. The molecule has 0 aliphatic carbocycles. The predicted molar refractivity (Wildman–Crippen MR) is 84.2 cm³/mol. The SMILES string of the molecule is CCn1nc(C)cc1COc1ccc(NC(=O)OC)c(C)c1. The number of rotatable bonds is 5. The lowest BCUT2D eigenvalue weighted by atomic mass is 10.2. The predicted octanol–water partition coefficient (Wildman–Crippen LogP) is 3.28. The number of hydrogen-bond donors (Lipinski definition) is 1. The second-order valence-electron chi connectivity index (χ2n) is 4.97. The molecule has 1 aromatic carbocycles. The van der Waals surface area contributed by atoms with Crippen LogP contribution in [0.25, 0.3) is 0 Å². The van der Waals surface area contributed by atoms with Crippen molar-refractivity contribution in [2.45, 2.75) is 33.9 Å². The first kappa shape index (κ1) is 15.9. The van der Waals surface area contributed by atoms with Crippen molar-refractivity contribution in [1.82, 2.24) is 9.78 Å². The summed E-state index contributed by atoms with van der Waals surface area (Å²) in [4.78, 5) is 11.2. The molecule has 0 bridgehead atoms. The maximum atomic E-state index is 11.2. The Hall–Kier alpha value is -2.50. The van der Waals surface area contributed by atoms with Crippen molar-refractivity contribution in [1.29, 1.82) is 0 Å². The van der Waals surface area contributed by atoms with Crippen LogP contribution in [0, 0.1) is 13.8 Å². The van der Waals surface area contributed by atoms with Gasteiger partial charge >= 0.3 is 6.09 Å². The van der Waals surface area contributed by atoms with Gasteiger partial charge in [0.05, 0.1) is 18.5 Å². The molecule has 6 nitrogen and oxygen atoms in total. The Kier molecular flexibility index (Phi) is 5.04. The standard InChI is InChI=1S/C16H21N3O3/c1-5-19-13(9-12(3)18-19)10-22-14-6-7-15(11(2)8-14)17-16(20)21-4/h6-9H,5,10H2,1-4H3,(H,17,20). The Morgan fingerprint density at radius 2 is 2.09 bits per heavy atom. The van der Waals surface area contributed by atoms with Crippen molar-refractivity contribution in [3.63, 3.8) is 0 Å². The number of benzene rings is 1. The molecule has 0 unspecified atom stereocenters. The molecule has 0 atom stereocenters. The van der Waals surface area contributed by atoms with Crippen LogP contribution in [0.2, 0.25) is 0 Å². The molecule has 0 saturated heterocycles. The summed E-state index contributed by atoms with van der Waals surface area (Å²) in [5, 5.41) is 7.04. The van der Waals surface area contributed by atoms with E-state index in [0.29, 0.717) is 12.3 Å². The fraction of sp³-hybridized carbons (Fsp3) is 0.375. The van der Waals surface area contributed by atoms with E-state index in [9.17, 15) is 4.79 Å². The van der Waals surface area contributed by atoms with E-state index < -0.39 is 6.09 Å². The lowest BCUT2D eigenvalue weighted by molar-refractivity contribution is 0.187. The number of aryl methyl sites for hydroxylation is 3. The maximum Gasteiger partial charge on any atom is 0.411 e. The molecule has 2 aromatic rings. The Balaban J connectivity index is 2.04. The topological polar surface area (TPSA) is 65.4 Å². The van der Waals surface area contributed by atoms with E-state index in [0.717, 1.165) is 29.2 Å². The highest BCUT2D eigenvalue weighted by atomic mass is 16.5. The first-order chi connectivity index (χ1) is 10.5. The first-order valence-electron chi connectivity index (χ1n) is 7.15. The zero-order chi connectivity index (χ0) is 16.1. The summed E-state index contributed by atoms with van der Waals surface area (Å²) in [6.45, 7) is 7.18. The van der Waals surface area contributed by atoms with E-state index in [1.165, 1.54) is 7.11 Å². The molecule has 22 heavy (non-hydrogen) atoms. The van der Waals surface area contributed by atoms with Crippen molar-refractivity contribution in [2.24, 2.45) is 0 Å². The van der Waals surface area contributed by atoms with Gasteiger partial charge in [0.2, 0.25) is 0 Å². The highest BCUT2D eigenvalue weighted by Gasteiger charge is 2.07. The van der Waals surface area contributed by atoms with Gasteiger partial charge < -0.3 is 9.47 Å². The molecule has 0 aliphatic heterocycles. The average molecular weight is 303 g/mol. The molecule has 1 aromatic heterocycles. The van der Waals surface area contributed by atoms with Gasteiger partial charge in [0.15, 0.2) is 0 Å². The molecule has 0 aliphatic rings. The lowest BCUT2D eigenvalue weighted by Crippen LogP contribution is -2.12. The molecule has 0 fully saturated rings. The normalized spacial score (nSPS) is 10.4. The zero-order valence-corrected chi connectivity index (χ0v) is 13.3. The number of aromatic nitrogens is 2. The van der Waals surface area contributed by atoms with Gasteiger partial charge in [-0.15, -0.1) is 0 Å². The van der Waals surface area contributed by atoms with Gasteiger partial charge in [0.25, 0.3) is 0 Å². The van der Waals surface area contributed by atoms with E-state index in [4.69, 9.17) is 4.74 Å². The molecule has 0 spiro atoms. The Labute approximate surface area is 130 Å². The average Bonchev–Trinajstić information content (AvgIpc) is 2.87. The molecule has 0 radical (unpaired) electrons. The quantitative estimate of drug-likeness (QED) is 0.920. The van der Waals surface area contributed by atoms with E-state index in [-0.39, 0.29) is 0 Å².